The lowest BCUT2D eigenvalue weighted by atomic mass is 9.79. The second kappa shape index (κ2) is 5.29. The summed E-state index contributed by atoms with van der Waals surface area (Å²) < 4.78 is 0. The highest BCUT2D eigenvalue weighted by molar-refractivity contribution is 4.86. The highest BCUT2D eigenvalue weighted by Crippen LogP contribution is 2.29. The van der Waals surface area contributed by atoms with Gasteiger partial charge in [0.2, 0.25) is 0 Å². The zero-order valence-electron chi connectivity index (χ0n) is 8.84. The molecule has 0 heterocycles. The van der Waals surface area contributed by atoms with Gasteiger partial charge < -0.3 is 5.32 Å². The minimum Gasteiger partial charge on any atom is -0.313 e. The third-order valence-corrected chi connectivity index (χ3v) is 3.30. The molecule has 1 rings (SSSR count). The zero-order valence-corrected chi connectivity index (χ0v) is 8.84. The van der Waals surface area contributed by atoms with E-state index in [9.17, 15) is 0 Å². The summed E-state index contributed by atoms with van der Waals surface area (Å²) in [5.41, 5.74) is 0. The molecule has 0 saturated heterocycles. The van der Waals surface area contributed by atoms with Gasteiger partial charge in [-0.05, 0) is 31.1 Å². The van der Waals surface area contributed by atoms with E-state index < -0.39 is 0 Å². The average Bonchev–Trinajstić information content (AvgIpc) is 2.12. The Morgan fingerprint density at radius 2 is 2.08 bits per heavy atom. The van der Waals surface area contributed by atoms with Crippen molar-refractivity contribution >= 4 is 0 Å². The van der Waals surface area contributed by atoms with Crippen molar-refractivity contribution in [3.8, 4) is 12.3 Å². The summed E-state index contributed by atoms with van der Waals surface area (Å²) in [6.07, 6.45) is 10.1. The summed E-state index contributed by atoms with van der Waals surface area (Å²) in [4.78, 5) is 0. The van der Waals surface area contributed by atoms with Crippen LogP contribution in [-0.4, -0.2) is 12.6 Å². The molecule has 1 nitrogen and oxygen atoms in total. The van der Waals surface area contributed by atoms with Crippen molar-refractivity contribution in [3.05, 3.63) is 0 Å². The average molecular weight is 179 g/mol. The van der Waals surface area contributed by atoms with Crippen molar-refractivity contribution in [2.24, 2.45) is 11.8 Å². The molecule has 3 atom stereocenters. The molecular weight excluding hydrogens is 158 g/mol. The topological polar surface area (TPSA) is 12.0 Å². The van der Waals surface area contributed by atoms with Crippen LogP contribution in [0.3, 0.4) is 0 Å². The number of hydrogen-bond acceptors (Lipinski definition) is 1. The van der Waals surface area contributed by atoms with Gasteiger partial charge in [-0.1, -0.05) is 13.8 Å². The Morgan fingerprint density at radius 3 is 2.69 bits per heavy atom. The fourth-order valence-electron chi connectivity index (χ4n) is 2.08. The van der Waals surface area contributed by atoms with Crippen LogP contribution < -0.4 is 5.32 Å². The molecule has 0 aromatic heterocycles. The second-order valence-electron chi connectivity index (χ2n) is 4.37. The van der Waals surface area contributed by atoms with Crippen LogP contribution >= 0.6 is 0 Å². The van der Waals surface area contributed by atoms with Gasteiger partial charge in [0, 0.05) is 19.0 Å². The molecule has 1 aliphatic rings. The van der Waals surface area contributed by atoms with E-state index in [0.717, 1.165) is 30.8 Å². The smallest absolute Gasteiger partial charge is 0.0211 e. The minimum atomic E-state index is 0.722. The Hall–Kier alpha value is -0.480. The van der Waals surface area contributed by atoms with Crippen LogP contribution in [-0.2, 0) is 0 Å². The first kappa shape index (κ1) is 10.6. The van der Waals surface area contributed by atoms with Gasteiger partial charge in [-0.25, -0.2) is 0 Å². The van der Waals surface area contributed by atoms with Crippen molar-refractivity contribution in [1.29, 1.82) is 0 Å². The first-order valence-electron chi connectivity index (χ1n) is 5.41. The van der Waals surface area contributed by atoms with Gasteiger partial charge in [0.05, 0.1) is 0 Å². The maximum Gasteiger partial charge on any atom is 0.0211 e. The molecule has 0 spiro atoms. The summed E-state index contributed by atoms with van der Waals surface area (Å²) in [6.45, 7) is 5.71. The number of rotatable bonds is 3. The highest BCUT2D eigenvalue weighted by Gasteiger charge is 2.23. The standard InChI is InChI=1S/C12H21N/c1-4-5-8-13-12-7-6-10(2)11(3)9-12/h1,10-13H,5-9H2,2-3H3. The van der Waals surface area contributed by atoms with Crippen molar-refractivity contribution in [2.45, 2.75) is 45.6 Å². The normalized spacial score (nSPS) is 34.1. The van der Waals surface area contributed by atoms with E-state index in [0.29, 0.717) is 0 Å². The van der Waals surface area contributed by atoms with Crippen LogP contribution in [0.2, 0.25) is 0 Å². The minimum absolute atomic E-state index is 0.722. The van der Waals surface area contributed by atoms with Crippen LogP contribution in [0.5, 0.6) is 0 Å². The molecule has 1 N–H and O–H groups in total. The van der Waals surface area contributed by atoms with Crippen LogP contribution in [0.1, 0.15) is 39.5 Å². The Kier molecular flexibility index (Phi) is 4.32. The van der Waals surface area contributed by atoms with Crippen molar-refractivity contribution < 1.29 is 0 Å². The van der Waals surface area contributed by atoms with E-state index in [2.05, 4.69) is 25.1 Å². The molecule has 0 aromatic rings. The fraction of sp³-hybridized carbons (Fsp3) is 0.833. The molecule has 1 heteroatoms. The first-order chi connectivity index (χ1) is 6.24. The highest BCUT2D eigenvalue weighted by atomic mass is 14.9. The molecule has 13 heavy (non-hydrogen) atoms. The molecule has 0 amide bonds. The molecule has 0 radical (unpaired) electrons. The molecule has 1 fully saturated rings. The van der Waals surface area contributed by atoms with Gasteiger partial charge in [-0.3, -0.25) is 0 Å². The molecule has 0 bridgehead atoms. The van der Waals surface area contributed by atoms with E-state index >= 15 is 0 Å². The summed E-state index contributed by atoms with van der Waals surface area (Å²) in [6, 6.07) is 0.722. The summed E-state index contributed by atoms with van der Waals surface area (Å²) in [5.74, 6) is 4.45. The third kappa shape index (κ3) is 3.40. The fourth-order valence-corrected chi connectivity index (χ4v) is 2.08. The quantitative estimate of drug-likeness (QED) is 0.518. The Balaban J connectivity index is 2.18. The molecular formula is C12H21N. The maximum absolute atomic E-state index is 5.20. The third-order valence-electron chi connectivity index (χ3n) is 3.30. The van der Waals surface area contributed by atoms with Gasteiger partial charge in [0.1, 0.15) is 0 Å². The van der Waals surface area contributed by atoms with E-state index in [1.165, 1.54) is 19.3 Å². The molecule has 1 saturated carbocycles. The van der Waals surface area contributed by atoms with E-state index in [1.54, 1.807) is 0 Å². The maximum atomic E-state index is 5.20. The number of hydrogen-bond donors (Lipinski definition) is 1. The van der Waals surface area contributed by atoms with E-state index in [4.69, 9.17) is 6.42 Å². The van der Waals surface area contributed by atoms with Crippen LogP contribution in [0.15, 0.2) is 0 Å². The van der Waals surface area contributed by atoms with Crippen molar-refractivity contribution in [1.82, 2.24) is 5.32 Å². The largest absolute Gasteiger partial charge is 0.313 e. The Morgan fingerprint density at radius 1 is 1.31 bits per heavy atom. The van der Waals surface area contributed by atoms with Crippen molar-refractivity contribution in [3.63, 3.8) is 0 Å². The molecule has 74 valence electrons. The predicted molar refractivity (Wildman–Crippen MR) is 57.4 cm³/mol. The van der Waals surface area contributed by atoms with Crippen LogP contribution in [0.25, 0.3) is 0 Å². The molecule has 3 unspecified atom stereocenters. The summed E-state index contributed by atoms with van der Waals surface area (Å²) >= 11 is 0. The van der Waals surface area contributed by atoms with Crippen LogP contribution in [0.4, 0.5) is 0 Å². The Labute approximate surface area is 82.3 Å². The monoisotopic (exact) mass is 179 g/mol. The van der Waals surface area contributed by atoms with Gasteiger partial charge in [0.25, 0.3) is 0 Å². The predicted octanol–water partition coefficient (Wildman–Crippen LogP) is 2.42. The van der Waals surface area contributed by atoms with Gasteiger partial charge >= 0.3 is 0 Å². The molecule has 0 aromatic carbocycles. The second-order valence-corrected chi connectivity index (χ2v) is 4.37. The van der Waals surface area contributed by atoms with E-state index in [-0.39, 0.29) is 0 Å². The molecule has 1 aliphatic carbocycles. The molecule has 0 aliphatic heterocycles. The summed E-state index contributed by atoms with van der Waals surface area (Å²) in [5, 5.41) is 3.53. The van der Waals surface area contributed by atoms with Gasteiger partial charge in [-0.15, -0.1) is 12.3 Å². The summed E-state index contributed by atoms with van der Waals surface area (Å²) in [7, 11) is 0. The lowest BCUT2D eigenvalue weighted by Gasteiger charge is -2.32. The number of terminal acetylenes is 1. The van der Waals surface area contributed by atoms with E-state index in [1.807, 2.05) is 0 Å². The Bertz CT molecular complexity index is 180. The SMILES string of the molecule is C#CCCNC1CCC(C)C(C)C1. The lowest BCUT2D eigenvalue weighted by Crippen LogP contribution is -2.36. The first-order valence-corrected chi connectivity index (χ1v) is 5.41. The van der Waals surface area contributed by atoms with Crippen molar-refractivity contribution in [2.75, 3.05) is 6.54 Å². The number of nitrogens with one attached hydrogen (secondary N) is 1. The zero-order chi connectivity index (χ0) is 9.68. The lowest BCUT2D eigenvalue weighted by molar-refractivity contribution is 0.227. The van der Waals surface area contributed by atoms with Gasteiger partial charge in [0.15, 0.2) is 0 Å². The van der Waals surface area contributed by atoms with Crippen LogP contribution in [0, 0.1) is 24.2 Å². The van der Waals surface area contributed by atoms with Gasteiger partial charge in [-0.2, -0.15) is 0 Å².